The molecule has 0 bridgehead atoms. The molecular weight excluding hydrogens is 289 g/mol. The molecule has 0 saturated carbocycles. The van der Waals surface area contributed by atoms with E-state index in [1.165, 1.54) is 12.1 Å². The number of aromatic nitrogens is 1. The van der Waals surface area contributed by atoms with Gasteiger partial charge in [-0.15, -0.1) is 11.3 Å². The third-order valence-corrected chi connectivity index (χ3v) is 4.40. The van der Waals surface area contributed by atoms with E-state index in [-0.39, 0.29) is 18.1 Å². The van der Waals surface area contributed by atoms with Crippen LogP contribution in [0.3, 0.4) is 0 Å². The van der Waals surface area contributed by atoms with Gasteiger partial charge in [0.25, 0.3) is 0 Å². The van der Waals surface area contributed by atoms with Crippen molar-refractivity contribution in [3.05, 3.63) is 47.2 Å². The number of halogens is 1. The number of hydrogen-bond acceptors (Lipinski definition) is 4. The monoisotopic (exact) mass is 305 g/mol. The van der Waals surface area contributed by atoms with E-state index >= 15 is 0 Å². The Morgan fingerprint density at radius 1 is 1.29 bits per heavy atom. The zero-order chi connectivity index (χ0) is 14.7. The minimum absolute atomic E-state index is 0.0550. The topological polar surface area (TPSA) is 36.4 Å². The van der Waals surface area contributed by atoms with E-state index in [9.17, 15) is 9.18 Å². The quantitative estimate of drug-likeness (QED) is 0.872. The maximum absolute atomic E-state index is 13.1. The van der Waals surface area contributed by atoms with E-state index in [2.05, 4.69) is 9.88 Å². The summed E-state index contributed by atoms with van der Waals surface area (Å²) in [4.78, 5) is 20.6. The Morgan fingerprint density at radius 3 is 2.76 bits per heavy atom. The normalized spacial score (nSPS) is 15.3. The van der Waals surface area contributed by atoms with Crippen LogP contribution in [0.15, 0.2) is 35.8 Å². The molecule has 0 spiro atoms. The maximum Gasteiger partial charge on any atom is 0.227 e. The van der Waals surface area contributed by atoms with E-state index in [1.54, 1.807) is 29.7 Å². The first-order valence-corrected chi connectivity index (χ1v) is 7.77. The molecule has 1 aromatic carbocycles. The highest BCUT2D eigenvalue weighted by molar-refractivity contribution is 7.13. The fourth-order valence-electron chi connectivity index (χ4n) is 2.45. The van der Waals surface area contributed by atoms with Gasteiger partial charge < -0.3 is 9.80 Å². The minimum atomic E-state index is -0.297. The molecule has 0 aliphatic carbocycles. The molecule has 6 heteroatoms. The van der Waals surface area contributed by atoms with Gasteiger partial charge in [-0.05, 0) is 17.7 Å². The van der Waals surface area contributed by atoms with E-state index in [4.69, 9.17) is 0 Å². The minimum Gasteiger partial charge on any atom is -0.345 e. The SMILES string of the molecule is O=C(Cc1cccc(F)c1)N1CCN(c2nccs2)CC1. The van der Waals surface area contributed by atoms with Gasteiger partial charge in [0, 0.05) is 37.8 Å². The number of carbonyl (C=O) groups is 1. The van der Waals surface area contributed by atoms with Crippen LogP contribution >= 0.6 is 11.3 Å². The molecule has 0 radical (unpaired) electrons. The molecule has 4 nitrogen and oxygen atoms in total. The molecule has 1 aliphatic rings. The summed E-state index contributed by atoms with van der Waals surface area (Å²) in [6, 6.07) is 6.23. The molecule has 2 heterocycles. The standard InChI is InChI=1S/C15H16FN3OS/c16-13-3-1-2-12(10-13)11-14(20)18-5-7-19(8-6-18)15-17-4-9-21-15/h1-4,9-10H,5-8,11H2. The first-order chi connectivity index (χ1) is 10.2. The lowest BCUT2D eigenvalue weighted by atomic mass is 10.1. The number of piperazine rings is 1. The number of anilines is 1. The van der Waals surface area contributed by atoms with Crippen LogP contribution in [0.4, 0.5) is 9.52 Å². The lowest BCUT2D eigenvalue weighted by Crippen LogP contribution is -2.49. The fourth-order valence-corrected chi connectivity index (χ4v) is 3.15. The van der Waals surface area contributed by atoms with Crippen LogP contribution in [0.2, 0.25) is 0 Å². The lowest BCUT2D eigenvalue weighted by Gasteiger charge is -2.34. The van der Waals surface area contributed by atoms with Crippen LogP contribution in [0.5, 0.6) is 0 Å². The van der Waals surface area contributed by atoms with Crippen LogP contribution in [0.25, 0.3) is 0 Å². The van der Waals surface area contributed by atoms with Crippen molar-refractivity contribution in [1.29, 1.82) is 0 Å². The van der Waals surface area contributed by atoms with Crippen molar-refractivity contribution in [3.8, 4) is 0 Å². The summed E-state index contributed by atoms with van der Waals surface area (Å²) in [5.41, 5.74) is 0.724. The summed E-state index contributed by atoms with van der Waals surface area (Å²) in [7, 11) is 0. The van der Waals surface area contributed by atoms with Crippen molar-refractivity contribution < 1.29 is 9.18 Å². The summed E-state index contributed by atoms with van der Waals surface area (Å²) in [6.07, 6.45) is 2.05. The number of carbonyl (C=O) groups excluding carboxylic acids is 1. The zero-order valence-electron chi connectivity index (χ0n) is 11.5. The molecule has 2 aromatic rings. The summed E-state index contributed by atoms with van der Waals surface area (Å²) >= 11 is 1.61. The molecule has 1 aromatic heterocycles. The molecule has 110 valence electrons. The van der Waals surface area contributed by atoms with Gasteiger partial charge in [-0.3, -0.25) is 4.79 Å². The fraction of sp³-hybridized carbons (Fsp3) is 0.333. The van der Waals surface area contributed by atoms with Crippen molar-refractivity contribution in [1.82, 2.24) is 9.88 Å². The van der Waals surface area contributed by atoms with Gasteiger partial charge in [0.15, 0.2) is 5.13 Å². The predicted molar refractivity (Wildman–Crippen MR) is 81.0 cm³/mol. The van der Waals surface area contributed by atoms with Gasteiger partial charge in [-0.25, -0.2) is 9.37 Å². The Labute approximate surface area is 126 Å². The number of benzene rings is 1. The summed E-state index contributed by atoms with van der Waals surface area (Å²) < 4.78 is 13.1. The van der Waals surface area contributed by atoms with Gasteiger partial charge in [-0.1, -0.05) is 12.1 Å². The highest BCUT2D eigenvalue weighted by Gasteiger charge is 2.22. The Morgan fingerprint density at radius 2 is 2.10 bits per heavy atom. The molecule has 0 unspecified atom stereocenters. The largest absolute Gasteiger partial charge is 0.345 e. The molecule has 1 amide bonds. The van der Waals surface area contributed by atoms with Gasteiger partial charge >= 0.3 is 0 Å². The number of thiazole rings is 1. The molecule has 21 heavy (non-hydrogen) atoms. The van der Waals surface area contributed by atoms with Gasteiger partial charge in [0.05, 0.1) is 6.42 Å². The van der Waals surface area contributed by atoms with E-state index < -0.39 is 0 Å². The van der Waals surface area contributed by atoms with Gasteiger partial charge in [-0.2, -0.15) is 0 Å². The third-order valence-electron chi connectivity index (χ3n) is 3.57. The van der Waals surface area contributed by atoms with Crippen molar-refractivity contribution in [3.63, 3.8) is 0 Å². The highest BCUT2D eigenvalue weighted by Crippen LogP contribution is 2.19. The first-order valence-electron chi connectivity index (χ1n) is 6.89. The number of rotatable bonds is 3. The highest BCUT2D eigenvalue weighted by atomic mass is 32.1. The van der Waals surface area contributed by atoms with Crippen molar-refractivity contribution in [2.75, 3.05) is 31.1 Å². The Hall–Kier alpha value is -1.95. The van der Waals surface area contributed by atoms with Crippen molar-refractivity contribution >= 4 is 22.4 Å². The molecule has 0 N–H and O–H groups in total. The predicted octanol–water partition coefficient (Wildman–Crippen LogP) is 2.17. The van der Waals surface area contributed by atoms with Crippen LogP contribution < -0.4 is 4.90 Å². The van der Waals surface area contributed by atoms with Crippen LogP contribution in [-0.4, -0.2) is 42.0 Å². The number of amides is 1. The molecule has 1 aliphatic heterocycles. The van der Waals surface area contributed by atoms with Crippen LogP contribution in [0, 0.1) is 5.82 Å². The molecule has 3 rings (SSSR count). The summed E-state index contributed by atoms with van der Waals surface area (Å²) in [5.74, 6) is -0.242. The second-order valence-corrected chi connectivity index (χ2v) is 5.86. The van der Waals surface area contributed by atoms with E-state index in [0.717, 1.165) is 23.8 Å². The molecule has 0 atom stereocenters. The molecular formula is C15H16FN3OS. The Bertz CT molecular complexity index is 609. The zero-order valence-corrected chi connectivity index (χ0v) is 12.4. The van der Waals surface area contributed by atoms with Crippen molar-refractivity contribution in [2.24, 2.45) is 0 Å². The number of hydrogen-bond donors (Lipinski definition) is 0. The molecule has 1 fully saturated rings. The van der Waals surface area contributed by atoms with Crippen LogP contribution in [0.1, 0.15) is 5.56 Å². The average Bonchev–Trinajstić information content (AvgIpc) is 3.01. The second kappa shape index (κ2) is 6.22. The Balaban J connectivity index is 1.55. The van der Waals surface area contributed by atoms with Gasteiger partial charge in [0.2, 0.25) is 5.91 Å². The first kappa shape index (κ1) is 14.0. The smallest absolute Gasteiger partial charge is 0.227 e. The van der Waals surface area contributed by atoms with E-state index in [1.807, 2.05) is 10.3 Å². The Kier molecular flexibility index (Phi) is 4.15. The average molecular weight is 305 g/mol. The van der Waals surface area contributed by atoms with Gasteiger partial charge in [0.1, 0.15) is 5.82 Å². The second-order valence-electron chi connectivity index (χ2n) is 4.99. The third kappa shape index (κ3) is 3.39. The molecule has 1 saturated heterocycles. The van der Waals surface area contributed by atoms with E-state index in [0.29, 0.717) is 13.1 Å². The number of nitrogens with zero attached hydrogens (tertiary/aromatic N) is 3. The summed E-state index contributed by atoms with van der Waals surface area (Å²) in [6.45, 7) is 2.96. The maximum atomic E-state index is 13.1. The lowest BCUT2D eigenvalue weighted by molar-refractivity contribution is -0.130. The van der Waals surface area contributed by atoms with Crippen molar-refractivity contribution in [2.45, 2.75) is 6.42 Å². The van der Waals surface area contributed by atoms with Crippen LogP contribution in [-0.2, 0) is 11.2 Å². The summed E-state index contributed by atoms with van der Waals surface area (Å²) in [5, 5.41) is 2.96.